The second kappa shape index (κ2) is 19.1. The van der Waals surface area contributed by atoms with Gasteiger partial charge in [-0.3, -0.25) is 18.7 Å². The van der Waals surface area contributed by atoms with E-state index in [2.05, 4.69) is 60.2 Å². The minimum Gasteiger partial charge on any atom is -0.383 e. The topological polar surface area (TPSA) is 194 Å². The molecule has 0 aliphatic carbocycles. The van der Waals surface area contributed by atoms with E-state index in [0.29, 0.717) is 81.7 Å². The maximum atomic E-state index is 13.1. The van der Waals surface area contributed by atoms with Gasteiger partial charge in [0.25, 0.3) is 11.8 Å². The molecule has 0 spiro atoms. The summed E-state index contributed by atoms with van der Waals surface area (Å²) in [5.41, 5.74) is 6.16. The Hall–Kier alpha value is -5.76. The fourth-order valence-corrected chi connectivity index (χ4v) is 7.75. The van der Waals surface area contributed by atoms with E-state index < -0.39 is 8.07 Å². The Labute approximate surface area is 368 Å². The van der Waals surface area contributed by atoms with Gasteiger partial charge in [-0.25, -0.2) is 29.9 Å². The number of rotatable bonds is 15. The predicted octanol–water partition coefficient (Wildman–Crippen LogP) is 7.22. The molecule has 20 heteroatoms. The van der Waals surface area contributed by atoms with E-state index in [1.54, 1.807) is 80.5 Å². The average Bonchev–Trinajstić information content (AvgIpc) is 4.03. The van der Waals surface area contributed by atoms with Crippen LogP contribution in [-0.4, -0.2) is 115 Å². The van der Waals surface area contributed by atoms with Gasteiger partial charge in [0.2, 0.25) is 0 Å². The van der Waals surface area contributed by atoms with Gasteiger partial charge in [0, 0.05) is 63.4 Å². The Morgan fingerprint density at radius 3 is 1.89 bits per heavy atom. The van der Waals surface area contributed by atoms with Gasteiger partial charge >= 0.3 is 0 Å². The van der Waals surface area contributed by atoms with Gasteiger partial charge in [0.1, 0.15) is 30.4 Å². The Balaban J connectivity index is 0.000000192. The third-order valence-electron chi connectivity index (χ3n) is 9.74. The van der Waals surface area contributed by atoms with E-state index in [1.165, 1.54) is 0 Å². The van der Waals surface area contributed by atoms with Crippen LogP contribution in [0.2, 0.25) is 35.7 Å². The number of hydrogen-bond donors (Lipinski definition) is 3. The molecule has 2 atom stereocenters. The van der Waals surface area contributed by atoms with Crippen molar-refractivity contribution in [2.45, 2.75) is 58.3 Å². The van der Waals surface area contributed by atoms with Crippen LogP contribution < -0.4 is 10.6 Å². The molecule has 0 unspecified atom stereocenters. The molecule has 17 nitrogen and oxygen atoms in total. The van der Waals surface area contributed by atoms with E-state index >= 15 is 0 Å². The number of aromatic amines is 1. The number of hydrogen-bond acceptors (Lipinski definition) is 11. The number of amides is 2. The zero-order valence-electron chi connectivity index (χ0n) is 35.4. The lowest BCUT2D eigenvalue weighted by Crippen LogP contribution is -2.35. The smallest absolute Gasteiger partial charge is 0.255 e. The first kappa shape index (κ1) is 44.3. The van der Waals surface area contributed by atoms with Crippen LogP contribution in [0.1, 0.15) is 34.6 Å². The molecular formula is C42H48Cl2N12O5Si. The normalized spacial score (nSPS) is 12.8. The second-order valence-electron chi connectivity index (χ2n) is 16.0. The molecule has 0 saturated heterocycles. The fraction of sp³-hybridized carbons (Fsp3) is 0.333. The summed E-state index contributed by atoms with van der Waals surface area (Å²) >= 11 is 12.1. The number of carbonyl (C=O) groups is 2. The third kappa shape index (κ3) is 10.1. The van der Waals surface area contributed by atoms with E-state index in [9.17, 15) is 9.59 Å². The molecule has 0 radical (unpaired) electrons. The van der Waals surface area contributed by atoms with Crippen LogP contribution in [0.5, 0.6) is 0 Å². The molecule has 0 bridgehead atoms. The monoisotopic (exact) mass is 898 g/mol. The van der Waals surface area contributed by atoms with Crippen molar-refractivity contribution in [2.24, 2.45) is 0 Å². The van der Waals surface area contributed by atoms with Crippen molar-refractivity contribution in [1.29, 1.82) is 0 Å². The standard InChI is InChI=1S/C24H31ClN6O3Si.C18H17ClN6O2/c1-16(13-33-2)28-24(32)18-12-30(15-34-8-9-35(3,4)5)23-22(18)29-21(11-26-23)31-14-27-19-10-17(25)6-7-20(19)31;1-10(8-27-2)23-18(26)12-6-20-17-16(12)24-15(7-21-17)25-9-22-13-5-11(19)3-4-14(13)25/h6-7,10-12,14,16H,8-9,13,15H2,1-5H3,(H,28,32);3-7,9-10H,8H2,1-2H3,(H,20,21)(H,23,26)/t16-;10-/m00/s1. The molecule has 0 saturated carbocycles. The van der Waals surface area contributed by atoms with E-state index in [-0.39, 0.29) is 23.9 Å². The first-order chi connectivity index (χ1) is 29.7. The lowest BCUT2D eigenvalue weighted by Gasteiger charge is -2.15. The molecule has 8 aromatic rings. The average molecular weight is 900 g/mol. The van der Waals surface area contributed by atoms with E-state index in [4.69, 9.17) is 42.4 Å². The van der Waals surface area contributed by atoms with Gasteiger partial charge in [0.05, 0.1) is 58.8 Å². The van der Waals surface area contributed by atoms with Gasteiger partial charge in [0.15, 0.2) is 22.9 Å². The summed E-state index contributed by atoms with van der Waals surface area (Å²) in [5, 5.41) is 7.07. The van der Waals surface area contributed by atoms with Crippen molar-refractivity contribution in [3.8, 4) is 11.6 Å². The zero-order valence-corrected chi connectivity index (χ0v) is 38.0. The van der Waals surface area contributed by atoms with Gasteiger partial charge in [-0.2, -0.15) is 0 Å². The molecule has 2 amide bonds. The van der Waals surface area contributed by atoms with E-state index in [0.717, 1.165) is 28.1 Å². The number of H-pyrrole nitrogens is 1. The number of halogens is 2. The molecule has 0 fully saturated rings. The van der Waals surface area contributed by atoms with Crippen molar-refractivity contribution in [3.63, 3.8) is 0 Å². The molecule has 0 aliphatic heterocycles. The highest BCUT2D eigenvalue weighted by Gasteiger charge is 2.22. The first-order valence-corrected chi connectivity index (χ1v) is 24.3. The molecule has 2 aromatic carbocycles. The van der Waals surface area contributed by atoms with Crippen molar-refractivity contribution in [2.75, 3.05) is 34.0 Å². The number of nitrogens with zero attached hydrogens (tertiary/aromatic N) is 9. The molecule has 8 rings (SSSR count). The molecule has 6 heterocycles. The van der Waals surface area contributed by atoms with Crippen LogP contribution in [0.3, 0.4) is 0 Å². The number of benzene rings is 2. The highest BCUT2D eigenvalue weighted by molar-refractivity contribution is 6.76. The number of methoxy groups -OCH3 is 2. The molecule has 324 valence electrons. The van der Waals surface area contributed by atoms with Crippen LogP contribution in [0.15, 0.2) is 73.8 Å². The summed E-state index contributed by atoms with van der Waals surface area (Å²) in [4.78, 5) is 56.0. The largest absolute Gasteiger partial charge is 0.383 e. The molecule has 0 aliphatic rings. The molecule has 62 heavy (non-hydrogen) atoms. The summed E-state index contributed by atoms with van der Waals surface area (Å²) in [6, 6.07) is 11.7. The highest BCUT2D eigenvalue weighted by atomic mass is 35.5. The SMILES string of the molecule is COC[C@H](C)NC(=O)c1c[nH]c2ncc(-n3cnc4cc(Cl)ccc43)nc12.COC[C@H](C)NC(=O)c1cn(COCC[Si](C)(C)C)c2ncc(-n3cnc4cc(Cl)ccc43)nc12. The maximum absolute atomic E-state index is 13.1. The first-order valence-electron chi connectivity index (χ1n) is 19.9. The highest BCUT2D eigenvalue weighted by Crippen LogP contribution is 2.25. The number of ether oxygens (including phenoxy) is 3. The fourth-order valence-electron chi connectivity index (χ4n) is 6.66. The predicted molar refractivity (Wildman–Crippen MR) is 242 cm³/mol. The van der Waals surface area contributed by atoms with Crippen LogP contribution in [-0.2, 0) is 20.9 Å². The number of aromatic nitrogens is 10. The number of nitrogens with one attached hydrogen (secondary N) is 3. The van der Waals surface area contributed by atoms with Gasteiger partial charge in [-0.1, -0.05) is 42.8 Å². The quantitative estimate of drug-likeness (QED) is 0.0695. The Morgan fingerprint density at radius 1 is 0.774 bits per heavy atom. The Kier molecular flexibility index (Phi) is 13.6. The van der Waals surface area contributed by atoms with Gasteiger partial charge < -0.3 is 34.4 Å². The second-order valence-corrected chi connectivity index (χ2v) is 22.5. The third-order valence-corrected chi connectivity index (χ3v) is 11.9. The zero-order chi connectivity index (χ0) is 44.1. The Bertz CT molecular complexity index is 2870. The minimum atomic E-state index is -1.21. The van der Waals surface area contributed by atoms with Crippen molar-refractivity contribution in [3.05, 3.63) is 95.0 Å². The van der Waals surface area contributed by atoms with Gasteiger partial charge in [-0.15, -0.1) is 0 Å². The molecular weight excluding hydrogens is 852 g/mol. The van der Waals surface area contributed by atoms with E-state index in [1.807, 2.05) is 35.1 Å². The lowest BCUT2D eigenvalue weighted by atomic mass is 10.2. The summed E-state index contributed by atoms with van der Waals surface area (Å²) in [7, 11) is 1.99. The minimum absolute atomic E-state index is 0.120. The summed E-state index contributed by atoms with van der Waals surface area (Å²) < 4.78 is 21.6. The number of imidazole rings is 2. The summed E-state index contributed by atoms with van der Waals surface area (Å²) in [6.45, 7) is 12.5. The van der Waals surface area contributed by atoms with Crippen LogP contribution in [0.4, 0.5) is 0 Å². The van der Waals surface area contributed by atoms with Crippen LogP contribution in [0.25, 0.3) is 56.0 Å². The Morgan fingerprint density at radius 2 is 1.32 bits per heavy atom. The van der Waals surface area contributed by atoms with Crippen molar-refractivity contribution < 1.29 is 23.8 Å². The van der Waals surface area contributed by atoms with Gasteiger partial charge in [-0.05, 0) is 56.3 Å². The lowest BCUT2D eigenvalue weighted by molar-refractivity contribution is 0.0879. The van der Waals surface area contributed by atoms with Crippen molar-refractivity contribution in [1.82, 2.24) is 59.2 Å². The summed E-state index contributed by atoms with van der Waals surface area (Å²) in [6.07, 6.45) is 9.99. The molecule has 3 N–H and O–H groups in total. The summed E-state index contributed by atoms with van der Waals surface area (Å²) in [5.74, 6) is 0.637. The maximum Gasteiger partial charge on any atom is 0.255 e. The van der Waals surface area contributed by atoms with Crippen LogP contribution in [0, 0.1) is 0 Å². The molecule has 6 aromatic heterocycles. The van der Waals surface area contributed by atoms with Crippen molar-refractivity contribution >= 4 is 87.5 Å². The number of carbonyl (C=O) groups excluding carboxylic acids is 2. The van der Waals surface area contributed by atoms with Crippen LogP contribution >= 0.6 is 23.2 Å². The number of fused-ring (bicyclic) bond motifs is 4.